The molecule has 0 aromatic carbocycles. The van der Waals surface area contributed by atoms with Crippen LogP contribution >= 0.6 is 0 Å². The van der Waals surface area contributed by atoms with E-state index in [0.29, 0.717) is 25.6 Å². The van der Waals surface area contributed by atoms with Crippen LogP contribution in [0.15, 0.2) is 18.5 Å². The zero-order valence-corrected chi connectivity index (χ0v) is 11.9. The first-order chi connectivity index (χ1) is 10.2. The standard InChI is InChI=1S/C14H20N4O3/c19-7-2-12(20)18-6-3-14(10-18)8-11(9-21-14)17-13-15-4-1-5-16-13/h1,4-5,11,19H,2-3,6-10H2,(H,15,16,17). The lowest BCUT2D eigenvalue weighted by Crippen LogP contribution is -2.36. The highest BCUT2D eigenvalue weighted by molar-refractivity contribution is 5.76. The zero-order chi connectivity index (χ0) is 14.7. The molecule has 1 aromatic heterocycles. The average Bonchev–Trinajstić information content (AvgIpc) is 3.08. The Morgan fingerprint density at radius 3 is 3.10 bits per heavy atom. The monoisotopic (exact) mass is 292 g/mol. The molecule has 2 aliphatic rings. The highest BCUT2D eigenvalue weighted by atomic mass is 16.5. The van der Waals surface area contributed by atoms with Crippen molar-refractivity contribution >= 4 is 11.9 Å². The molecule has 2 saturated heterocycles. The van der Waals surface area contributed by atoms with E-state index in [9.17, 15) is 4.79 Å². The molecule has 0 aliphatic carbocycles. The average molecular weight is 292 g/mol. The fraction of sp³-hybridized carbons (Fsp3) is 0.643. The molecule has 114 valence electrons. The molecule has 2 atom stereocenters. The van der Waals surface area contributed by atoms with E-state index in [2.05, 4.69) is 15.3 Å². The third-order valence-corrected chi connectivity index (χ3v) is 4.10. The summed E-state index contributed by atoms with van der Waals surface area (Å²) in [5.74, 6) is 0.607. The lowest BCUT2D eigenvalue weighted by Gasteiger charge is -2.23. The lowest BCUT2D eigenvalue weighted by molar-refractivity contribution is -0.131. The van der Waals surface area contributed by atoms with Crippen molar-refractivity contribution < 1.29 is 14.6 Å². The second-order valence-corrected chi connectivity index (χ2v) is 5.65. The molecule has 2 aliphatic heterocycles. The number of likely N-dealkylation sites (tertiary alicyclic amines) is 1. The SMILES string of the molecule is O=C(CCO)N1CCC2(CC(Nc3ncccn3)CO2)C1. The van der Waals surface area contributed by atoms with Crippen LogP contribution in [0.3, 0.4) is 0 Å². The number of nitrogens with one attached hydrogen (secondary N) is 1. The Morgan fingerprint density at radius 1 is 1.52 bits per heavy atom. The Bertz CT molecular complexity index is 498. The van der Waals surface area contributed by atoms with Gasteiger partial charge in [-0.2, -0.15) is 0 Å². The summed E-state index contributed by atoms with van der Waals surface area (Å²) in [6, 6.07) is 1.94. The number of ether oxygens (including phenoxy) is 1. The maximum Gasteiger partial charge on any atom is 0.224 e. The van der Waals surface area contributed by atoms with E-state index in [1.807, 2.05) is 0 Å². The van der Waals surface area contributed by atoms with Crippen molar-refractivity contribution in [1.29, 1.82) is 0 Å². The van der Waals surface area contributed by atoms with Gasteiger partial charge in [0.25, 0.3) is 0 Å². The fourth-order valence-corrected chi connectivity index (χ4v) is 3.09. The van der Waals surface area contributed by atoms with Crippen molar-refractivity contribution in [2.24, 2.45) is 0 Å². The van der Waals surface area contributed by atoms with Crippen LogP contribution in [0, 0.1) is 0 Å². The fourth-order valence-electron chi connectivity index (χ4n) is 3.09. The van der Waals surface area contributed by atoms with Crippen LogP contribution in [0.25, 0.3) is 0 Å². The van der Waals surface area contributed by atoms with Gasteiger partial charge in [-0.25, -0.2) is 9.97 Å². The second kappa shape index (κ2) is 5.95. The van der Waals surface area contributed by atoms with Gasteiger partial charge in [0, 0.05) is 38.3 Å². The van der Waals surface area contributed by atoms with Crippen molar-refractivity contribution in [3.63, 3.8) is 0 Å². The number of hydrogen-bond acceptors (Lipinski definition) is 6. The highest BCUT2D eigenvalue weighted by Gasteiger charge is 2.46. The van der Waals surface area contributed by atoms with Gasteiger partial charge in [0.05, 0.1) is 24.9 Å². The highest BCUT2D eigenvalue weighted by Crippen LogP contribution is 2.36. The third kappa shape index (κ3) is 3.14. The molecule has 2 fully saturated rings. The number of amides is 1. The van der Waals surface area contributed by atoms with Gasteiger partial charge < -0.3 is 20.1 Å². The molecule has 0 radical (unpaired) electrons. The summed E-state index contributed by atoms with van der Waals surface area (Å²) in [6.45, 7) is 1.81. The predicted octanol–water partition coefficient (Wildman–Crippen LogP) is 0.0309. The lowest BCUT2D eigenvalue weighted by atomic mass is 9.97. The van der Waals surface area contributed by atoms with Crippen LogP contribution in [0.1, 0.15) is 19.3 Å². The Kier molecular flexibility index (Phi) is 4.03. The summed E-state index contributed by atoms with van der Waals surface area (Å²) < 4.78 is 5.97. The van der Waals surface area contributed by atoms with E-state index in [0.717, 1.165) is 12.8 Å². The summed E-state index contributed by atoms with van der Waals surface area (Å²) in [5, 5.41) is 12.1. The Hall–Kier alpha value is -1.73. The van der Waals surface area contributed by atoms with E-state index >= 15 is 0 Å². The van der Waals surface area contributed by atoms with Gasteiger partial charge in [-0.1, -0.05) is 0 Å². The third-order valence-electron chi connectivity index (χ3n) is 4.10. The number of aliphatic hydroxyl groups is 1. The number of rotatable bonds is 4. The van der Waals surface area contributed by atoms with Gasteiger partial charge in [-0.3, -0.25) is 4.79 Å². The van der Waals surface area contributed by atoms with E-state index in [-0.39, 0.29) is 30.6 Å². The first kappa shape index (κ1) is 14.2. The summed E-state index contributed by atoms with van der Waals surface area (Å²) in [5.41, 5.74) is -0.252. The largest absolute Gasteiger partial charge is 0.396 e. The molecular formula is C14H20N4O3. The number of carbonyl (C=O) groups is 1. The molecule has 3 rings (SSSR count). The number of carbonyl (C=O) groups excluding carboxylic acids is 1. The topological polar surface area (TPSA) is 87.6 Å². The van der Waals surface area contributed by atoms with Crippen molar-refractivity contribution in [3.8, 4) is 0 Å². The molecule has 1 aromatic rings. The van der Waals surface area contributed by atoms with E-state index in [1.54, 1.807) is 23.4 Å². The van der Waals surface area contributed by atoms with Crippen LogP contribution in [-0.4, -0.2) is 63.8 Å². The van der Waals surface area contributed by atoms with Gasteiger partial charge in [0.1, 0.15) is 0 Å². The zero-order valence-electron chi connectivity index (χ0n) is 11.9. The molecule has 7 heteroatoms. The maximum absolute atomic E-state index is 11.8. The van der Waals surface area contributed by atoms with Gasteiger partial charge >= 0.3 is 0 Å². The maximum atomic E-state index is 11.8. The van der Waals surface area contributed by atoms with Gasteiger partial charge in [0.15, 0.2) is 0 Å². The molecule has 2 N–H and O–H groups in total. The van der Waals surface area contributed by atoms with Crippen LogP contribution in [0.5, 0.6) is 0 Å². The molecule has 1 amide bonds. The molecule has 0 saturated carbocycles. The number of hydrogen-bond donors (Lipinski definition) is 2. The molecule has 7 nitrogen and oxygen atoms in total. The number of aliphatic hydroxyl groups excluding tert-OH is 1. The molecular weight excluding hydrogens is 272 g/mol. The van der Waals surface area contributed by atoms with Gasteiger partial charge in [-0.15, -0.1) is 0 Å². The normalized spacial score (nSPS) is 28.2. The van der Waals surface area contributed by atoms with Crippen molar-refractivity contribution in [2.45, 2.75) is 30.9 Å². The number of anilines is 1. The van der Waals surface area contributed by atoms with E-state index in [4.69, 9.17) is 9.84 Å². The molecule has 1 spiro atoms. The molecule has 3 heterocycles. The van der Waals surface area contributed by atoms with Crippen LogP contribution in [0.4, 0.5) is 5.95 Å². The van der Waals surface area contributed by atoms with Crippen LogP contribution in [0.2, 0.25) is 0 Å². The second-order valence-electron chi connectivity index (χ2n) is 5.65. The van der Waals surface area contributed by atoms with Crippen molar-refractivity contribution in [3.05, 3.63) is 18.5 Å². The molecule has 0 bridgehead atoms. The summed E-state index contributed by atoms with van der Waals surface area (Å²) in [7, 11) is 0. The Balaban J connectivity index is 1.56. The number of nitrogens with zero attached hydrogens (tertiary/aromatic N) is 3. The number of aromatic nitrogens is 2. The van der Waals surface area contributed by atoms with Crippen molar-refractivity contribution in [2.75, 3.05) is 31.6 Å². The molecule has 21 heavy (non-hydrogen) atoms. The van der Waals surface area contributed by atoms with Crippen LogP contribution in [-0.2, 0) is 9.53 Å². The van der Waals surface area contributed by atoms with E-state index < -0.39 is 0 Å². The summed E-state index contributed by atoms with van der Waals surface area (Å²) >= 11 is 0. The predicted molar refractivity (Wildman–Crippen MR) is 75.6 cm³/mol. The minimum absolute atomic E-state index is 0.000719. The molecule has 2 unspecified atom stereocenters. The minimum Gasteiger partial charge on any atom is -0.396 e. The summed E-state index contributed by atoms with van der Waals surface area (Å²) in [6.07, 6.45) is 5.28. The quantitative estimate of drug-likeness (QED) is 0.814. The van der Waals surface area contributed by atoms with Crippen molar-refractivity contribution in [1.82, 2.24) is 14.9 Å². The minimum atomic E-state index is -0.252. The first-order valence-corrected chi connectivity index (χ1v) is 7.27. The Morgan fingerprint density at radius 2 is 2.33 bits per heavy atom. The summed E-state index contributed by atoms with van der Waals surface area (Å²) in [4.78, 5) is 21.9. The van der Waals surface area contributed by atoms with Gasteiger partial charge in [0.2, 0.25) is 11.9 Å². The smallest absolute Gasteiger partial charge is 0.224 e. The van der Waals surface area contributed by atoms with E-state index in [1.165, 1.54) is 0 Å². The Labute approximate surface area is 123 Å². The first-order valence-electron chi connectivity index (χ1n) is 7.27. The van der Waals surface area contributed by atoms with Crippen LogP contribution < -0.4 is 5.32 Å². The van der Waals surface area contributed by atoms with Gasteiger partial charge in [-0.05, 0) is 12.5 Å².